The van der Waals surface area contributed by atoms with Crippen LogP contribution < -0.4 is 4.74 Å². The molecule has 0 atom stereocenters. The van der Waals surface area contributed by atoms with Crippen LogP contribution in [0.4, 0.5) is 0 Å². The molecular weight excluding hydrogens is 236 g/mol. The summed E-state index contributed by atoms with van der Waals surface area (Å²) in [6.07, 6.45) is 0. The molecule has 0 heterocycles. The van der Waals surface area contributed by atoms with E-state index in [0.717, 1.165) is 11.3 Å². The van der Waals surface area contributed by atoms with Gasteiger partial charge in [0.05, 0.1) is 13.7 Å². The highest BCUT2D eigenvalue weighted by Crippen LogP contribution is 2.32. The first kappa shape index (κ1) is 13.6. The van der Waals surface area contributed by atoms with Crippen LogP contribution in [0.2, 0.25) is 0 Å². The minimum atomic E-state index is -0.0692. The summed E-state index contributed by atoms with van der Waals surface area (Å²) in [4.78, 5) is 0. The zero-order valence-corrected chi connectivity index (χ0v) is 11.7. The average Bonchev–Trinajstić information content (AvgIpc) is 2.47. The Morgan fingerprint density at radius 2 is 1.37 bits per heavy atom. The summed E-state index contributed by atoms with van der Waals surface area (Å²) in [5.41, 5.74) is 3.34. The standard InChI is InChI=1S/C17H20O2/c1-17(2,14-6-4-13(12-18)5-7-14)15-8-10-16(19-3)11-9-15/h4-11,18H,12H2,1-3H3. The van der Waals surface area contributed by atoms with Gasteiger partial charge in [-0.2, -0.15) is 0 Å². The first-order valence-corrected chi connectivity index (χ1v) is 6.42. The number of aliphatic hydroxyl groups excluding tert-OH is 1. The number of rotatable bonds is 4. The van der Waals surface area contributed by atoms with Crippen molar-refractivity contribution in [2.75, 3.05) is 7.11 Å². The third-order valence-corrected chi connectivity index (χ3v) is 3.67. The van der Waals surface area contributed by atoms with E-state index in [2.05, 4.69) is 38.1 Å². The lowest BCUT2D eigenvalue weighted by Gasteiger charge is -2.26. The first-order chi connectivity index (χ1) is 9.07. The number of hydrogen-bond donors (Lipinski definition) is 1. The molecule has 0 unspecified atom stereocenters. The van der Waals surface area contributed by atoms with Gasteiger partial charge in [-0.3, -0.25) is 0 Å². The number of methoxy groups -OCH3 is 1. The summed E-state index contributed by atoms with van der Waals surface area (Å²) in [6.45, 7) is 4.48. The maximum atomic E-state index is 9.09. The van der Waals surface area contributed by atoms with Crippen LogP contribution in [0.1, 0.15) is 30.5 Å². The highest BCUT2D eigenvalue weighted by atomic mass is 16.5. The molecule has 2 rings (SSSR count). The zero-order valence-electron chi connectivity index (χ0n) is 11.7. The van der Waals surface area contributed by atoms with E-state index in [9.17, 15) is 0 Å². The third-order valence-electron chi connectivity index (χ3n) is 3.67. The Morgan fingerprint density at radius 1 is 0.895 bits per heavy atom. The van der Waals surface area contributed by atoms with Gasteiger partial charge in [0.15, 0.2) is 0 Å². The van der Waals surface area contributed by atoms with Crippen molar-refractivity contribution in [3.05, 3.63) is 65.2 Å². The summed E-state index contributed by atoms with van der Waals surface area (Å²) in [6, 6.07) is 16.3. The quantitative estimate of drug-likeness (QED) is 0.907. The number of aliphatic hydroxyl groups is 1. The van der Waals surface area contributed by atoms with Gasteiger partial charge in [-0.05, 0) is 28.8 Å². The topological polar surface area (TPSA) is 29.5 Å². The molecule has 1 N–H and O–H groups in total. The molecule has 0 spiro atoms. The zero-order chi connectivity index (χ0) is 13.9. The van der Waals surface area contributed by atoms with Crippen LogP contribution in [0.3, 0.4) is 0 Å². The molecule has 0 bridgehead atoms. The van der Waals surface area contributed by atoms with Crippen LogP contribution in [-0.2, 0) is 12.0 Å². The van der Waals surface area contributed by atoms with Gasteiger partial charge in [-0.25, -0.2) is 0 Å². The van der Waals surface area contributed by atoms with Crippen molar-refractivity contribution in [3.8, 4) is 5.75 Å². The minimum Gasteiger partial charge on any atom is -0.497 e. The summed E-state index contributed by atoms with van der Waals surface area (Å²) in [7, 11) is 1.67. The smallest absolute Gasteiger partial charge is 0.118 e. The molecule has 100 valence electrons. The molecule has 2 heteroatoms. The highest BCUT2D eigenvalue weighted by Gasteiger charge is 2.22. The average molecular weight is 256 g/mol. The molecule has 0 aliphatic heterocycles. The van der Waals surface area contributed by atoms with Crippen LogP contribution in [0.25, 0.3) is 0 Å². The Labute approximate surface area is 114 Å². The van der Waals surface area contributed by atoms with Crippen molar-refractivity contribution < 1.29 is 9.84 Å². The van der Waals surface area contributed by atoms with Gasteiger partial charge in [-0.15, -0.1) is 0 Å². The fraction of sp³-hybridized carbons (Fsp3) is 0.294. The largest absolute Gasteiger partial charge is 0.497 e. The van der Waals surface area contributed by atoms with Crippen LogP contribution in [-0.4, -0.2) is 12.2 Å². The minimum absolute atomic E-state index is 0.0692. The Bertz CT molecular complexity index is 475. The summed E-state index contributed by atoms with van der Waals surface area (Å²) >= 11 is 0. The normalized spacial score (nSPS) is 11.4. The maximum Gasteiger partial charge on any atom is 0.118 e. The van der Waals surface area contributed by atoms with Gasteiger partial charge in [0.2, 0.25) is 0 Å². The number of hydrogen-bond acceptors (Lipinski definition) is 2. The van der Waals surface area contributed by atoms with E-state index >= 15 is 0 Å². The van der Waals surface area contributed by atoms with Gasteiger partial charge >= 0.3 is 0 Å². The monoisotopic (exact) mass is 256 g/mol. The Hall–Kier alpha value is -1.80. The van der Waals surface area contributed by atoms with E-state index in [0.29, 0.717) is 0 Å². The van der Waals surface area contributed by atoms with E-state index in [1.807, 2.05) is 24.3 Å². The lowest BCUT2D eigenvalue weighted by Crippen LogP contribution is -2.18. The lowest BCUT2D eigenvalue weighted by molar-refractivity contribution is 0.282. The van der Waals surface area contributed by atoms with E-state index < -0.39 is 0 Å². The molecular formula is C17H20O2. The second kappa shape index (κ2) is 5.45. The summed E-state index contributed by atoms with van der Waals surface area (Å²) < 4.78 is 5.19. The van der Waals surface area contributed by atoms with Gasteiger partial charge in [0.1, 0.15) is 5.75 Å². The van der Waals surface area contributed by atoms with Crippen molar-refractivity contribution in [3.63, 3.8) is 0 Å². The first-order valence-electron chi connectivity index (χ1n) is 6.42. The number of benzene rings is 2. The molecule has 0 fully saturated rings. The molecule has 2 aromatic rings. The Kier molecular flexibility index (Phi) is 3.91. The highest BCUT2D eigenvalue weighted by molar-refractivity contribution is 5.40. The van der Waals surface area contributed by atoms with E-state index in [4.69, 9.17) is 9.84 Å². The van der Waals surface area contributed by atoms with Crippen LogP contribution in [0.5, 0.6) is 5.75 Å². The fourth-order valence-corrected chi connectivity index (χ4v) is 2.20. The van der Waals surface area contributed by atoms with E-state index in [1.54, 1.807) is 7.11 Å². The molecule has 0 amide bonds. The Morgan fingerprint density at radius 3 is 1.79 bits per heavy atom. The molecule has 0 aliphatic rings. The van der Waals surface area contributed by atoms with Crippen molar-refractivity contribution in [2.45, 2.75) is 25.9 Å². The van der Waals surface area contributed by atoms with Crippen LogP contribution >= 0.6 is 0 Å². The maximum absolute atomic E-state index is 9.09. The molecule has 0 aliphatic carbocycles. The SMILES string of the molecule is COc1ccc(C(C)(C)c2ccc(CO)cc2)cc1. The predicted molar refractivity (Wildman–Crippen MR) is 77.5 cm³/mol. The fourth-order valence-electron chi connectivity index (χ4n) is 2.20. The van der Waals surface area contributed by atoms with Crippen molar-refractivity contribution in [2.24, 2.45) is 0 Å². The van der Waals surface area contributed by atoms with E-state index in [-0.39, 0.29) is 12.0 Å². The summed E-state index contributed by atoms with van der Waals surface area (Å²) in [5, 5.41) is 9.09. The molecule has 0 saturated heterocycles. The molecule has 2 nitrogen and oxygen atoms in total. The van der Waals surface area contributed by atoms with Gasteiger partial charge in [-0.1, -0.05) is 50.2 Å². The predicted octanol–water partition coefficient (Wildman–Crippen LogP) is 3.51. The number of ether oxygens (including phenoxy) is 1. The molecule has 2 aromatic carbocycles. The molecule has 19 heavy (non-hydrogen) atoms. The Balaban J connectivity index is 2.33. The van der Waals surface area contributed by atoms with Crippen molar-refractivity contribution in [1.82, 2.24) is 0 Å². The molecule has 0 aromatic heterocycles. The van der Waals surface area contributed by atoms with Crippen molar-refractivity contribution in [1.29, 1.82) is 0 Å². The molecule has 0 saturated carbocycles. The third kappa shape index (κ3) is 2.79. The lowest BCUT2D eigenvalue weighted by atomic mass is 9.78. The van der Waals surface area contributed by atoms with Gasteiger partial charge in [0.25, 0.3) is 0 Å². The van der Waals surface area contributed by atoms with Gasteiger partial charge in [0, 0.05) is 5.41 Å². The van der Waals surface area contributed by atoms with Crippen LogP contribution in [0, 0.1) is 0 Å². The van der Waals surface area contributed by atoms with Gasteiger partial charge < -0.3 is 9.84 Å². The second-order valence-corrected chi connectivity index (χ2v) is 5.21. The van der Waals surface area contributed by atoms with Crippen LogP contribution in [0.15, 0.2) is 48.5 Å². The second-order valence-electron chi connectivity index (χ2n) is 5.21. The van der Waals surface area contributed by atoms with E-state index in [1.165, 1.54) is 11.1 Å². The summed E-state index contributed by atoms with van der Waals surface area (Å²) in [5.74, 6) is 0.871. The molecule has 0 radical (unpaired) electrons. The van der Waals surface area contributed by atoms with Crippen molar-refractivity contribution >= 4 is 0 Å².